The Labute approximate surface area is 139 Å². The van der Waals surface area contributed by atoms with E-state index in [2.05, 4.69) is 96.8 Å². The average molecular weight is 313 g/mol. The van der Waals surface area contributed by atoms with Crippen molar-refractivity contribution < 1.29 is 0 Å². The molecule has 0 radical (unpaired) electrons. The van der Waals surface area contributed by atoms with E-state index in [1.54, 1.807) is 0 Å². The Morgan fingerprint density at radius 3 is 1.73 bits per heavy atom. The number of rotatable bonds is 5. The molecule has 22 heavy (non-hydrogen) atoms. The lowest BCUT2D eigenvalue weighted by Gasteiger charge is -2.38. The summed E-state index contributed by atoms with van der Waals surface area (Å²) in [5.41, 5.74) is 8.12. The molecule has 0 aliphatic rings. The second-order valence-corrected chi connectivity index (χ2v) is 12.9. The van der Waals surface area contributed by atoms with Gasteiger partial charge >= 0.3 is 0 Å². The summed E-state index contributed by atoms with van der Waals surface area (Å²) in [6.45, 7) is 20.6. The van der Waals surface area contributed by atoms with Gasteiger partial charge in [-0.3, -0.25) is 0 Å². The van der Waals surface area contributed by atoms with Gasteiger partial charge in [0, 0.05) is 11.5 Å². The summed E-state index contributed by atoms with van der Waals surface area (Å²) in [6.07, 6.45) is 0. The zero-order valence-corrected chi connectivity index (χ0v) is 16.4. The fourth-order valence-corrected chi connectivity index (χ4v) is 8.92. The topological polar surface area (TPSA) is 0 Å². The van der Waals surface area contributed by atoms with E-state index in [0.29, 0.717) is 22.5 Å². The van der Waals surface area contributed by atoms with Crippen LogP contribution in [0.5, 0.6) is 0 Å². The fraction of sp³-hybridized carbons (Fsp3) is 0.524. The highest BCUT2D eigenvalue weighted by Crippen LogP contribution is 2.41. The predicted octanol–water partition coefficient (Wildman–Crippen LogP) is 6.57. The molecule has 1 aromatic carbocycles. The lowest BCUT2D eigenvalue weighted by Crippen LogP contribution is -2.43. The van der Waals surface area contributed by atoms with Gasteiger partial charge in [-0.1, -0.05) is 91.3 Å². The summed E-state index contributed by atoms with van der Waals surface area (Å²) in [6, 6.07) is 10.5. The molecule has 0 heterocycles. The number of benzene rings is 1. The summed E-state index contributed by atoms with van der Waals surface area (Å²) < 4.78 is 0. The minimum atomic E-state index is -1.66. The van der Waals surface area contributed by atoms with Crippen molar-refractivity contribution in [1.82, 2.24) is 0 Å². The molecule has 0 nitrogen and oxygen atoms in total. The molecule has 1 atom stereocenters. The van der Waals surface area contributed by atoms with Gasteiger partial charge in [-0.25, -0.2) is 0 Å². The van der Waals surface area contributed by atoms with Gasteiger partial charge < -0.3 is 0 Å². The van der Waals surface area contributed by atoms with E-state index in [9.17, 15) is 0 Å². The van der Waals surface area contributed by atoms with Crippen LogP contribution >= 0.6 is 0 Å². The summed E-state index contributed by atoms with van der Waals surface area (Å²) in [4.78, 5) is 0. The molecule has 0 bridgehead atoms. The van der Waals surface area contributed by atoms with Gasteiger partial charge in [0.25, 0.3) is 0 Å². The van der Waals surface area contributed by atoms with E-state index in [4.69, 9.17) is 0 Å². The Kier molecular flexibility index (Phi) is 6.69. The Morgan fingerprint density at radius 2 is 1.32 bits per heavy atom. The second kappa shape index (κ2) is 7.84. The largest absolute Gasteiger partial charge is 0.146 e. The van der Waals surface area contributed by atoms with E-state index in [-0.39, 0.29) is 0 Å². The molecule has 1 aromatic rings. The number of hydrogen-bond acceptors (Lipinski definition) is 0. The van der Waals surface area contributed by atoms with Crippen LogP contribution in [-0.2, 0) is 0 Å². The molecule has 120 valence electrons. The molecule has 0 saturated carbocycles. The normalized spacial score (nSPS) is 13.2. The van der Waals surface area contributed by atoms with Gasteiger partial charge in [0.05, 0.1) is 0 Å². The fourth-order valence-electron chi connectivity index (χ4n) is 3.67. The molecular formula is C21H32Si. The zero-order valence-electron chi connectivity index (χ0n) is 15.4. The van der Waals surface area contributed by atoms with Crippen LogP contribution in [0.3, 0.4) is 0 Å². The Bertz CT molecular complexity index is 518. The predicted molar refractivity (Wildman–Crippen MR) is 103 cm³/mol. The summed E-state index contributed by atoms with van der Waals surface area (Å²) in [5.74, 6) is 3.78. The molecule has 0 spiro atoms. The van der Waals surface area contributed by atoms with Crippen molar-refractivity contribution in [3.63, 3.8) is 0 Å². The van der Waals surface area contributed by atoms with Crippen molar-refractivity contribution in [1.29, 1.82) is 0 Å². The first-order valence-electron chi connectivity index (χ1n) is 8.50. The monoisotopic (exact) mass is 312 g/mol. The number of allylic oxidation sites excluding steroid dienone is 1. The third-order valence-electron chi connectivity index (χ3n) is 5.13. The lowest BCUT2D eigenvalue weighted by atomic mass is 9.95. The molecule has 0 fully saturated rings. The molecule has 0 aromatic heterocycles. The van der Waals surface area contributed by atoms with Crippen molar-refractivity contribution in [2.24, 2.45) is 0 Å². The SMILES string of the molecule is C=C(C#C[Si](C(C)C)(C(C)C)C(C)C)[C@@H](C)c1ccccc1. The van der Waals surface area contributed by atoms with Crippen LogP contribution < -0.4 is 0 Å². The minimum absolute atomic E-state index is 0.298. The van der Waals surface area contributed by atoms with Crippen LogP contribution in [0.1, 0.15) is 59.9 Å². The molecular weight excluding hydrogens is 280 g/mol. The molecule has 0 aliphatic heterocycles. The molecule has 0 saturated heterocycles. The van der Waals surface area contributed by atoms with E-state index in [1.807, 2.05) is 0 Å². The van der Waals surface area contributed by atoms with Crippen molar-refractivity contribution in [3.8, 4) is 11.5 Å². The summed E-state index contributed by atoms with van der Waals surface area (Å²) >= 11 is 0. The Balaban J connectivity index is 3.10. The van der Waals surface area contributed by atoms with Gasteiger partial charge in [0.1, 0.15) is 8.07 Å². The van der Waals surface area contributed by atoms with Crippen LogP contribution in [0.4, 0.5) is 0 Å². The quantitative estimate of drug-likeness (QED) is 0.426. The van der Waals surface area contributed by atoms with Gasteiger partial charge in [-0.15, -0.1) is 5.54 Å². The lowest BCUT2D eigenvalue weighted by molar-refractivity contribution is 0.838. The van der Waals surface area contributed by atoms with Crippen LogP contribution in [-0.4, -0.2) is 8.07 Å². The smallest absolute Gasteiger partial charge is 0.125 e. The second-order valence-electron chi connectivity index (χ2n) is 7.30. The first-order valence-corrected chi connectivity index (χ1v) is 10.7. The van der Waals surface area contributed by atoms with E-state index < -0.39 is 8.07 Å². The Morgan fingerprint density at radius 1 is 0.864 bits per heavy atom. The van der Waals surface area contributed by atoms with Crippen LogP contribution in [0.25, 0.3) is 0 Å². The highest BCUT2D eigenvalue weighted by molar-refractivity contribution is 6.90. The number of hydrogen-bond donors (Lipinski definition) is 0. The third-order valence-corrected chi connectivity index (χ3v) is 11.4. The van der Waals surface area contributed by atoms with Crippen molar-refractivity contribution in [2.45, 2.75) is 71.0 Å². The van der Waals surface area contributed by atoms with Gasteiger partial charge in [0.2, 0.25) is 0 Å². The van der Waals surface area contributed by atoms with E-state index >= 15 is 0 Å². The van der Waals surface area contributed by atoms with Crippen molar-refractivity contribution >= 4 is 8.07 Å². The van der Waals surface area contributed by atoms with Gasteiger partial charge in [-0.2, -0.15) is 0 Å². The standard InChI is InChI=1S/C21H32Si/c1-16(2)22(17(3)4,18(5)6)15-14-19(7)20(8)21-12-10-9-11-13-21/h9-13,16-18,20H,7H2,1-6,8H3/t20-/m1/s1. The van der Waals surface area contributed by atoms with Crippen LogP contribution in [0, 0.1) is 11.5 Å². The van der Waals surface area contributed by atoms with Gasteiger partial charge in [-0.05, 0) is 22.2 Å². The summed E-state index contributed by atoms with van der Waals surface area (Å²) in [7, 11) is -1.66. The van der Waals surface area contributed by atoms with Crippen molar-refractivity contribution in [2.75, 3.05) is 0 Å². The third kappa shape index (κ3) is 3.93. The molecule has 1 heteroatoms. The first-order chi connectivity index (χ1) is 10.2. The van der Waals surface area contributed by atoms with Crippen LogP contribution in [0.2, 0.25) is 16.6 Å². The van der Waals surface area contributed by atoms with Crippen molar-refractivity contribution in [3.05, 3.63) is 48.0 Å². The molecule has 0 amide bonds. The highest BCUT2D eigenvalue weighted by Gasteiger charge is 2.41. The average Bonchev–Trinajstić information content (AvgIpc) is 2.46. The maximum atomic E-state index is 4.26. The maximum Gasteiger partial charge on any atom is 0.146 e. The molecule has 0 N–H and O–H groups in total. The summed E-state index contributed by atoms with van der Waals surface area (Å²) in [5, 5.41) is 0. The Hall–Kier alpha value is -1.26. The molecule has 1 rings (SSSR count). The first kappa shape index (κ1) is 18.8. The van der Waals surface area contributed by atoms with Gasteiger partial charge in [0.15, 0.2) is 0 Å². The highest BCUT2D eigenvalue weighted by atomic mass is 28.3. The van der Waals surface area contributed by atoms with E-state index in [1.165, 1.54) is 5.56 Å². The maximum absolute atomic E-state index is 4.26. The molecule has 0 aliphatic carbocycles. The van der Waals surface area contributed by atoms with E-state index in [0.717, 1.165) is 5.57 Å². The van der Waals surface area contributed by atoms with Crippen LogP contribution in [0.15, 0.2) is 42.5 Å². The minimum Gasteiger partial charge on any atom is -0.125 e. The zero-order chi connectivity index (χ0) is 16.9. The molecule has 0 unspecified atom stereocenters.